The van der Waals surface area contributed by atoms with E-state index in [1.54, 1.807) is 0 Å². The third-order valence-corrected chi connectivity index (χ3v) is 5.63. The molecule has 0 saturated carbocycles. The van der Waals surface area contributed by atoms with E-state index < -0.39 is 98.8 Å². The molecule has 3 aliphatic heterocycles. The predicted octanol–water partition coefficient (Wildman–Crippen LogP) is -6.23. The Morgan fingerprint density at radius 2 is 1.33 bits per heavy atom. The molecule has 3 rings (SSSR count). The number of hydrogen-bond acceptors (Lipinski definition) is 15. The fourth-order valence-electron chi connectivity index (χ4n) is 3.71. The fourth-order valence-corrected chi connectivity index (χ4v) is 3.71. The van der Waals surface area contributed by atoms with Gasteiger partial charge in [-0.25, -0.2) is 4.79 Å². The molecule has 16 heteroatoms. The van der Waals surface area contributed by atoms with Crippen LogP contribution in [-0.2, 0) is 33.2 Å². The van der Waals surface area contributed by atoms with Crippen molar-refractivity contribution in [1.82, 2.24) is 0 Å². The molecule has 3 fully saturated rings. The van der Waals surface area contributed by atoms with Crippen molar-refractivity contribution in [2.24, 2.45) is 0 Å². The molecule has 3 heterocycles. The molecular formula is C17H28O16. The molecule has 0 radical (unpaired) electrons. The van der Waals surface area contributed by atoms with E-state index in [1.165, 1.54) is 0 Å². The summed E-state index contributed by atoms with van der Waals surface area (Å²) in [6.07, 6.45) is -24.8. The highest BCUT2D eigenvalue weighted by molar-refractivity contribution is 5.73. The molecule has 0 amide bonds. The maximum atomic E-state index is 11.5. The first-order valence-electron chi connectivity index (χ1n) is 9.91. The smallest absolute Gasteiger partial charge is 0.335 e. The molecule has 3 saturated heterocycles. The van der Waals surface area contributed by atoms with E-state index in [9.17, 15) is 50.8 Å². The monoisotopic (exact) mass is 488 g/mol. The number of carboxylic acid groups (broad SMARTS) is 1. The van der Waals surface area contributed by atoms with Crippen molar-refractivity contribution in [1.29, 1.82) is 0 Å². The maximum absolute atomic E-state index is 11.5. The molecule has 0 unspecified atom stereocenters. The van der Waals surface area contributed by atoms with Gasteiger partial charge in [-0.15, -0.1) is 0 Å². The standard InChI is InChI=1S/C17H28O16/c1-28-10-6(20)9(23)16(32-12(10)13(24)25)31-11-5(19)8(22)15(27)33-17(11)30-3-2-29-14(26)7(21)4(3)18/h3-12,14-23,26-27H,2H2,1H3,(H,24,25)/t3-,4+,5+,6-,7-,8+,9-,10+,11-,12+,14-,15+,16+,17-/m1/s1. The van der Waals surface area contributed by atoms with Gasteiger partial charge < -0.3 is 74.4 Å². The Morgan fingerprint density at radius 1 is 0.727 bits per heavy atom. The molecular weight excluding hydrogens is 460 g/mol. The van der Waals surface area contributed by atoms with Crippen LogP contribution in [0.2, 0.25) is 0 Å². The minimum absolute atomic E-state index is 0.460. The van der Waals surface area contributed by atoms with Crippen LogP contribution in [0.15, 0.2) is 0 Å². The molecule has 0 bridgehead atoms. The zero-order chi connectivity index (χ0) is 24.6. The van der Waals surface area contributed by atoms with Crippen molar-refractivity contribution >= 4 is 5.97 Å². The summed E-state index contributed by atoms with van der Waals surface area (Å²) in [6.45, 7) is -0.460. The third kappa shape index (κ3) is 5.29. The second-order valence-corrected chi connectivity index (χ2v) is 7.80. The Balaban J connectivity index is 1.79. The van der Waals surface area contributed by atoms with Crippen LogP contribution >= 0.6 is 0 Å². The summed E-state index contributed by atoms with van der Waals surface area (Å²) in [6, 6.07) is 0. The van der Waals surface area contributed by atoms with Crippen molar-refractivity contribution in [3.05, 3.63) is 0 Å². The fraction of sp³-hybridized carbons (Fsp3) is 0.941. The Labute approximate surface area is 186 Å². The van der Waals surface area contributed by atoms with Crippen LogP contribution in [0.4, 0.5) is 0 Å². The summed E-state index contributed by atoms with van der Waals surface area (Å²) < 4.78 is 30.8. The number of carbonyl (C=O) groups is 1. The number of aliphatic hydroxyl groups is 8. The number of rotatable bonds is 6. The van der Waals surface area contributed by atoms with Crippen LogP contribution in [0.1, 0.15) is 0 Å². The number of carboxylic acids is 1. The summed E-state index contributed by atoms with van der Waals surface area (Å²) in [5.74, 6) is -1.56. The molecule has 14 atom stereocenters. The van der Waals surface area contributed by atoms with Gasteiger partial charge in [0.2, 0.25) is 0 Å². The van der Waals surface area contributed by atoms with E-state index in [0.29, 0.717) is 0 Å². The number of aliphatic hydroxyl groups excluding tert-OH is 8. The van der Waals surface area contributed by atoms with Gasteiger partial charge >= 0.3 is 5.97 Å². The first-order valence-corrected chi connectivity index (χ1v) is 9.91. The van der Waals surface area contributed by atoms with Gasteiger partial charge in [0, 0.05) is 7.11 Å². The lowest BCUT2D eigenvalue weighted by Gasteiger charge is -2.46. The normalized spacial score (nSPS) is 51.3. The highest BCUT2D eigenvalue weighted by atomic mass is 16.8. The van der Waals surface area contributed by atoms with Crippen LogP contribution in [0.5, 0.6) is 0 Å². The van der Waals surface area contributed by atoms with E-state index in [-0.39, 0.29) is 0 Å². The van der Waals surface area contributed by atoms with E-state index in [4.69, 9.17) is 28.4 Å². The Kier molecular flexibility index (Phi) is 8.57. The van der Waals surface area contributed by atoms with Crippen molar-refractivity contribution in [2.45, 2.75) is 86.2 Å². The van der Waals surface area contributed by atoms with Crippen molar-refractivity contribution in [3.63, 3.8) is 0 Å². The number of ether oxygens (including phenoxy) is 6. The van der Waals surface area contributed by atoms with Crippen LogP contribution < -0.4 is 0 Å². The minimum atomic E-state index is -1.99. The second kappa shape index (κ2) is 10.7. The Morgan fingerprint density at radius 3 is 1.94 bits per heavy atom. The van der Waals surface area contributed by atoms with Crippen molar-refractivity contribution < 1.29 is 79.2 Å². The zero-order valence-electron chi connectivity index (χ0n) is 17.2. The number of aliphatic carboxylic acids is 1. The molecule has 0 aromatic heterocycles. The number of methoxy groups -OCH3 is 1. The lowest BCUT2D eigenvalue weighted by molar-refractivity contribution is -0.396. The highest BCUT2D eigenvalue weighted by Crippen LogP contribution is 2.31. The lowest BCUT2D eigenvalue weighted by atomic mass is 9.98. The summed E-state index contributed by atoms with van der Waals surface area (Å²) in [7, 11) is 1.09. The summed E-state index contributed by atoms with van der Waals surface area (Å²) in [4.78, 5) is 11.5. The van der Waals surface area contributed by atoms with Crippen LogP contribution in [0.25, 0.3) is 0 Å². The first-order chi connectivity index (χ1) is 15.5. The Bertz CT molecular complexity index is 665. The Hall–Kier alpha value is -1.09. The molecule has 0 aromatic rings. The molecule has 9 N–H and O–H groups in total. The van der Waals surface area contributed by atoms with Crippen LogP contribution in [-0.4, -0.2) is 152 Å². The van der Waals surface area contributed by atoms with Gasteiger partial charge in [-0.3, -0.25) is 0 Å². The van der Waals surface area contributed by atoms with Gasteiger partial charge in [0.15, 0.2) is 31.3 Å². The molecule has 192 valence electrons. The van der Waals surface area contributed by atoms with Gasteiger partial charge in [-0.05, 0) is 0 Å². The third-order valence-electron chi connectivity index (χ3n) is 5.63. The van der Waals surface area contributed by atoms with Crippen LogP contribution in [0, 0.1) is 0 Å². The van der Waals surface area contributed by atoms with E-state index in [2.05, 4.69) is 0 Å². The average Bonchev–Trinajstić information content (AvgIpc) is 2.77. The summed E-state index contributed by atoms with van der Waals surface area (Å²) in [5.41, 5.74) is 0. The zero-order valence-corrected chi connectivity index (χ0v) is 17.2. The topological polar surface area (TPSA) is 255 Å². The highest BCUT2D eigenvalue weighted by Gasteiger charge is 2.53. The van der Waals surface area contributed by atoms with Crippen LogP contribution in [0.3, 0.4) is 0 Å². The molecule has 3 aliphatic rings. The molecule has 33 heavy (non-hydrogen) atoms. The van der Waals surface area contributed by atoms with Gasteiger partial charge in [0.1, 0.15) is 54.9 Å². The maximum Gasteiger partial charge on any atom is 0.335 e. The molecule has 0 aromatic carbocycles. The van der Waals surface area contributed by atoms with E-state index in [0.717, 1.165) is 7.11 Å². The van der Waals surface area contributed by atoms with Gasteiger partial charge in [0.05, 0.1) is 6.61 Å². The molecule has 16 nitrogen and oxygen atoms in total. The lowest BCUT2D eigenvalue weighted by Crippen LogP contribution is -2.66. The van der Waals surface area contributed by atoms with Gasteiger partial charge in [-0.2, -0.15) is 0 Å². The summed E-state index contributed by atoms with van der Waals surface area (Å²) >= 11 is 0. The second-order valence-electron chi connectivity index (χ2n) is 7.80. The largest absolute Gasteiger partial charge is 0.479 e. The van der Waals surface area contributed by atoms with Crippen molar-refractivity contribution in [3.8, 4) is 0 Å². The first kappa shape index (κ1) is 26.5. The van der Waals surface area contributed by atoms with E-state index in [1.807, 2.05) is 0 Å². The quantitative estimate of drug-likeness (QED) is 0.168. The van der Waals surface area contributed by atoms with Crippen molar-refractivity contribution in [2.75, 3.05) is 13.7 Å². The molecule has 0 spiro atoms. The van der Waals surface area contributed by atoms with E-state index >= 15 is 0 Å². The molecule has 0 aliphatic carbocycles. The average molecular weight is 488 g/mol. The SMILES string of the molecule is CO[C@H]1[C@H](O)[C@@H](O)[C@@H](O[C@H]2[C@H](O[C@@H]3CO[C@@H](O)[C@H](O)[C@H]3O)O[C@H](O)[C@@H](O)[C@@H]2O)O[C@@H]1C(=O)O. The minimum Gasteiger partial charge on any atom is -0.479 e. The van der Waals surface area contributed by atoms with Gasteiger partial charge in [0.25, 0.3) is 0 Å². The summed E-state index contributed by atoms with van der Waals surface area (Å²) in [5, 5.41) is 89.4. The number of hydrogen-bond donors (Lipinski definition) is 9. The predicted molar refractivity (Wildman–Crippen MR) is 95.7 cm³/mol. The van der Waals surface area contributed by atoms with Gasteiger partial charge in [-0.1, -0.05) is 0 Å².